The highest BCUT2D eigenvalue weighted by Gasteiger charge is 2.63. The van der Waals surface area contributed by atoms with E-state index in [1.807, 2.05) is 23.8 Å². The molecule has 1 aromatic heterocycles. The first-order chi connectivity index (χ1) is 10.0. The average Bonchev–Trinajstić information content (AvgIpc) is 2.98. The predicted octanol–water partition coefficient (Wildman–Crippen LogP) is 3.96. The molecule has 0 aliphatic heterocycles. The van der Waals surface area contributed by atoms with Gasteiger partial charge in [0.25, 0.3) is 0 Å². The fourth-order valence-electron chi connectivity index (χ4n) is 2.74. The fourth-order valence-corrected chi connectivity index (χ4v) is 4.58. The molecule has 0 aliphatic rings. The highest BCUT2D eigenvalue weighted by atomic mass is 32.1. The summed E-state index contributed by atoms with van der Waals surface area (Å²) in [6.45, 7) is 1.84. The fraction of sp³-hybridized carbons (Fsp3) is 0.267. The minimum absolute atomic E-state index is 0.360. The van der Waals surface area contributed by atoms with E-state index in [1.165, 1.54) is 11.3 Å². The molecule has 2 N–H and O–H groups in total. The van der Waals surface area contributed by atoms with Gasteiger partial charge in [-0.3, -0.25) is 0 Å². The Hall–Kier alpha value is -1.55. The molecule has 0 fully saturated rings. The van der Waals surface area contributed by atoms with Crippen LogP contribution in [-0.2, 0) is 14.5 Å². The monoisotopic (exact) mass is 323 g/mol. The molecule has 1 heterocycles. The minimum Gasteiger partial charge on any atom is -0.477 e. The van der Waals surface area contributed by atoms with Crippen molar-refractivity contribution in [3.8, 4) is 0 Å². The molecule has 0 saturated carbocycles. The van der Waals surface area contributed by atoms with Crippen molar-refractivity contribution >= 4 is 25.3 Å². The van der Waals surface area contributed by atoms with Crippen molar-refractivity contribution in [2.75, 3.05) is 0 Å². The van der Waals surface area contributed by atoms with E-state index in [-0.39, 0.29) is 0 Å². The van der Waals surface area contributed by atoms with Crippen molar-refractivity contribution in [3.05, 3.63) is 58.3 Å². The lowest BCUT2D eigenvalue weighted by atomic mass is 9.80. The van der Waals surface area contributed by atoms with Gasteiger partial charge in [-0.1, -0.05) is 37.3 Å². The van der Waals surface area contributed by atoms with Crippen LogP contribution in [0.2, 0.25) is 0 Å². The van der Waals surface area contributed by atoms with Gasteiger partial charge in [-0.2, -0.15) is 16.2 Å². The van der Waals surface area contributed by atoms with Crippen molar-refractivity contribution in [2.24, 2.45) is 0 Å². The van der Waals surface area contributed by atoms with Gasteiger partial charge in [0.05, 0.1) is 5.92 Å². The zero-order chi connectivity index (χ0) is 15.5. The summed E-state index contributed by atoms with van der Waals surface area (Å²) in [5, 5.41) is 11.7. The van der Waals surface area contributed by atoms with E-state index in [0.29, 0.717) is 12.0 Å². The lowest BCUT2D eigenvalue weighted by Crippen LogP contribution is -2.38. The van der Waals surface area contributed by atoms with Gasteiger partial charge in [0, 0.05) is 5.56 Å². The van der Waals surface area contributed by atoms with Crippen LogP contribution in [0.4, 0.5) is 0 Å². The van der Waals surface area contributed by atoms with E-state index in [0.717, 1.165) is 5.56 Å². The van der Waals surface area contributed by atoms with E-state index < -0.39 is 25.1 Å². The van der Waals surface area contributed by atoms with Crippen LogP contribution in [0.15, 0.2) is 47.2 Å². The van der Waals surface area contributed by atoms with Crippen molar-refractivity contribution in [1.82, 2.24) is 0 Å². The number of hydrogen-bond donors (Lipinski definition) is 2. The van der Waals surface area contributed by atoms with Crippen molar-refractivity contribution in [3.63, 3.8) is 0 Å². The van der Waals surface area contributed by atoms with Crippen LogP contribution >= 0.6 is 19.4 Å². The summed E-state index contributed by atoms with van der Waals surface area (Å²) in [6.07, 6.45) is 0.458. The van der Waals surface area contributed by atoms with Crippen molar-refractivity contribution in [2.45, 2.75) is 24.4 Å². The van der Waals surface area contributed by atoms with Gasteiger partial charge in [0.2, 0.25) is 0 Å². The summed E-state index contributed by atoms with van der Waals surface area (Å²) in [5.41, 5.74) is 1.14. The first-order valence-corrected chi connectivity index (χ1v) is 8.67. The maximum absolute atomic E-state index is 12.1. The molecule has 3 atom stereocenters. The van der Waals surface area contributed by atoms with E-state index in [2.05, 4.69) is 0 Å². The Morgan fingerprint density at radius 1 is 1.33 bits per heavy atom. The zero-order valence-corrected chi connectivity index (χ0v) is 13.2. The molecule has 110 valence electrons. The number of carbonyl (C=O) groups is 1. The second kappa shape index (κ2) is 6.48. The van der Waals surface area contributed by atoms with Gasteiger partial charge >= 0.3 is 19.2 Å². The van der Waals surface area contributed by atoms with Gasteiger partial charge in [-0.15, -0.1) is 0 Å². The standard InChI is InChI=1S/C15H15O4PS/c1-2-13(11-8-9-21-10-11)15(14(16)17,20(18)19)12-6-4-3-5-7-12/h3-10,13H,2H2,1H3,(H-,16,17,18,19)/p+1. The molecular formula is C15H16O4PS+. The molecule has 1 aromatic carbocycles. The van der Waals surface area contributed by atoms with Gasteiger partial charge in [0.15, 0.2) is 0 Å². The van der Waals surface area contributed by atoms with E-state index >= 15 is 0 Å². The Balaban J connectivity index is 2.71. The molecule has 0 aliphatic carbocycles. The van der Waals surface area contributed by atoms with Crippen LogP contribution in [0, 0.1) is 0 Å². The predicted molar refractivity (Wildman–Crippen MR) is 82.9 cm³/mol. The largest absolute Gasteiger partial charge is 0.529 e. The number of carboxylic acids is 1. The average molecular weight is 323 g/mol. The second-order valence-corrected chi connectivity index (χ2v) is 6.76. The van der Waals surface area contributed by atoms with E-state index in [1.54, 1.807) is 30.3 Å². The van der Waals surface area contributed by atoms with Crippen LogP contribution in [0.25, 0.3) is 0 Å². The topological polar surface area (TPSA) is 74.6 Å². The van der Waals surface area contributed by atoms with Crippen LogP contribution in [0.3, 0.4) is 0 Å². The molecule has 0 amide bonds. The molecule has 6 heteroatoms. The number of thiophene rings is 1. The second-order valence-electron chi connectivity index (χ2n) is 4.73. The normalized spacial score (nSPS) is 16.0. The smallest absolute Gasteiger partial charge is 0.477 e. The summed E-state index contributed by atoms with van der Waals surface area (Å²) in [5.74, 6) is -1.83. The van der Waals surface area contributed by atoms with Gasteiger partial charge in [-0.25, -0.2) is 4.79 Å². The third kappa shape index (κ3) is 2.64. The number of hydrogen-bond acceptors (Lipinski definition) is 3. The lowest BCUT2D eigenvalue weighted by molar-refractivity contribution is -0.141. The molecule has 2 rings (SSSR count). The zero-order valence-electron chi connectivity index (χ0n) is 11.5. The summed E-state index contributed by atoms with van der Waals surface area (Å²) in [6, 6.07) is 10.2. The minimum atomic E-state index is -2.96. The number of rotatable bonds is 6. The molecule has 0 saturated heterocycles. The molecule has 3 unspecified atom stereocenters. The third-order valence-corrected chi connectivity index (χ3v) is 5.77. The Morgan fingerprint density at radius 3 is 2.43 bits per heavy atom. The Morgan fingerprint density at radius 2 is 2.00 bits per heavy atom. The Kier molecular flexibility index (Phi) is 4.88. The molecule has 0 bridgehead atoms. The van der Waals surface area contributed by atoms with Gasteiger partial charge < -0.3 is 5.11 Å². The summed E-state index contributed by atoms with van der Waals surface area (Å²) >= 11 is 1.45. The first-order valence-electron chi connectivity index (χ1n) is 6.52. The van der Waals surface area contributed by atoms with Gasteiger partial charge in [-0.05, 0) is 33.4 Å². The number of aliphatic carboxylic acids is 1. The summed E-state index contributed by atoms with van der Waals surface area (Å²) < 4.78 is 12.1. The maximum atomic E-state index is 12.1. The Bertz CT molecular complexity index is 610. The van der Waals surface area contributed by atoms with Crippen molar-refractivity contribution < 1.29 is 19.4 Å². The molecule has 0 radical (unpaired) electrons. The van der Waals surface area contributed by atoms with E-state index in [9.17, 15) is 19.4 Å². The highest BCUT2D eigenvalue weighted by molar-refractivity contribution is 7.41. The summed E-state index contributed by atoms with van der Waals surface area (Å²) in [7, 11) is -2.96. The third-order valence-electron chi connectivity index (χ3n) is 3.70. The summed E-state index contributed by atoms with van der Waals surface area (Å²) in [4.78, 5) is 21.9. The number of carboxylic acid groups (broad SMARTS) is 1. The first kappa shape index (κ1) is 15.8. The molecular weight excluding hydrogens is 307 g/mol. The molecule has 4 nitrogen and oxygen atoms in total. The SMILES string of the molecule is CCC(c1ccsc1)C(C(=O)O)(c1ccccc1)[P+](=O)O. The lowest BCUT2D eigenvalue weighted by Gasteiger charge is -2.26. The van der Waals surface area contributed by atoms with Crippen LogP contribution < -0.4 is 0 Å². The van der Waals surface area contributed by atoms with Crippen molar-refractivity contribution in [1.29, 1.82) is 0 Å². The molecule has 21 heavy (non-hydrogen) atoms. The van der Waals surface area contributed by atoms with Crippen LogP contribution in [0.1, 0.15) is 30.4 Å². The molecule has 0 spiro atoms. The maximum Gasteiger partial charge on any atom is 0.529 e. The Labute approximate surface area is 127 Å². The highest BCUT2D eigenvalue weighted by Crippen LogP contribution is 2.55. The van der Waals surface area contributed by atoms with Gasteiger partial charge in [0.1, 0.15) is 0 Å². The quantitative estimate of drug-likeness (QED) is 0.789. The van der Waals surface area contributed by atoms with Crippen LogP contribution in [-0.4, -0.2) is 16.0 Å². The number of benzene rings is 1. The van der Waals surface area contributed by atoms with E-state index in [4.69, 9.17) is 0 Å². The molecule has 2 aromatic rings. The van der Waals surface area contributed by atoms with Crippen LogP contribution in [0.5, 0.6) is 0 Å².